The lowest BCUT2D eigenvalue weighted by Gasteiger charge is -2.22. The van der Waals surface area contributed by atoms with Crippen molar-refractivity contribution in [3.05, 3.63) is 58.6 Å². The molecule has 1 N–H and O–H groups in total. The molecule has 1 aliphatic rings. The van der Waals surface area contributed by atoms with Crippen molar-refractivity contribution in [1.82, 2.24) is 19.4 Å². The van der Waals surface area contributed by atoms with Gasteiger partial charge in [0.1, 0.15) is 12.3 Å². The summed E-state index contributed by atoms with van der Waals surface area (Å²) < 4.78 is 8.53. The molecule has 30 heavy (non-hydrogen) atoms. The number of carbonyl (C=O) groups is 1. The number of nitrogens with one attached hydrogen (secondary N) is 1. The zero-order chi connectivity index (χ0) is 21.1. The lowest BCUT2D eigenvalue weighted by molar-refractivity contribution is -0.122. The van der Waals surface area contributed by atoms with Crippen LogP contribution in [0.3, 0.4) is 0 Å². The Morgan fingerprint density at radius 1 is 1.20 bits per heavy atom. The van der Waals surface area contributed by atoms with Crippen LogP contribution >= 0.6 is 0 Å². The van der Waals surface area contributed by atoms with E-state index in [9.17, 15) is 9.59 Å². The number of nitrogens with zero attached hydrogens (tertiary/aromatic N) is 3. The summed E-state index contributed by atoms with van der Waals surface area (Å²) in [5.41, 5.74) is 2.20. The summed E-state index contributed by atoms with van der Waals surface area (Å²) in [5.74, 6) is 0.568. The molecule has 3 aromatic rings. The first-order chi connectivity index (χ1) is 14.6. The van der Waals surface area contributed by atoms with Crippen LogP contribution in [0.5, 0.6) is 5.75 Å². The van der Waals surface area contributed by atoms with Crippen LogP contribution in [0.15, 0.2) is 47.4 Å². The lowest BCUT2D eigenvalue weighted by Crippen LogP contribution is -2.35. The molecule has 0 spiro atoms. The minimum atomic E-state index is -0.202. The van der Waals surface area contributed by atoms with Crippen molar-refractivity contribution in [3.63, 3.8) is 0 Å². The number of aromatic nitrogens is 3. The van der Waals surface area contributed by atoms with Crippen molar-refractivity contribution in [2.24, 2.45) is 0 Å². The van der Waals surface area contributed by atoms with E-state index in [0.29, 0.717) is 11.2 Å². The average molecular weight is 409 g/mol. The minimum Gasteiger partial charge on any atom is -0.497 e. The van der Waals surface area contributed by atoms with Crippen LogP contribution in [0, 0.1) is 0 Å². The van der Waals surface area contributed by atoms with Crippen LogP contribution in [0.1, 0.15) is 56.7 Å². The summed E-state index contributed by atoms with van der Waals surface area (Å²) in [7, 11) is 1.62. The highest BCUT2D eigenvalue weighted by molar-refractivity contribution is 5.79. The topological polar surface area (TPSA) is 78.1 Å². The summed E-state index contributed by atoms with van der Waals surface area (Å²) in [4.78, 5) is 30.5. The first kappa shape index (κ1) is 20.2. The molecule has 7 nitrogen and oxygen atoms in total. The smallest absolute Gasteiger partial charge is 0.331 e. The summed E-state index contributed by atoms with van der Waals surface area (Å²) >= 11 is 0. The van der Waals surface area contributed by atoms with Crippen molar-refractivity contribution >= 4 is 17.1 Å². The number of hydrogen-bond acceptors (Lipinski definition) is 4. The molecular formula is C23H28N4O3. The zero-order valence-electron chi connectivity index (χ0n) is 17.5. The summed E-state index contributed by atoms with van der Waals surface area (Å²) in [5, 5.41) is 2.99. The first-order valence-corrected chi connectivity index (χ1v) is 10.6. The van der Waals surface area contributed by atoms with Gasteiger partial charge in [-0.3, -0.25) is 13.9 Å². The van der Waals surface area contributed by atoms with Crippen LogP contribution < -0.4 is 15.7 Å². The van der Waals surface area contributed by atoms with Crippen molar-refractivity contribution in [3.8, 4) is 5.75 Å². The van der Waals surface area contributed by atoms with Gasteiger partial charge < -0.3 is 10.1 Å². The molecule has 0 aliphatic heterocycles. The fourth-order valence-electron chi connectivity index (χ4n) is 4.34. The lowest BCUT2D eigenvalue weighted by atomic mass is 9.95. The molecule has 4 rings (SSSR count). The molecule has 1 saturated carbocycles. The van der Waals surface area contributed by atoms with Crippen LogP contribution in [-0.4, -0.2) is 27.1 Å². The molecule has 1 amide bonds. The van der Waals surface area contributed by atoms with Gasteiger partial charge in [-0.05, 0) is 49.6 Å². The molecule has 0 saturated heterocycles. The van der Waals surface area contributed by atoms with Crippen molar-refractivity contribution in [1.29, 1.82) is 0 Å². The van der Waals surface area contributed by atoms with Gasteiger partial charge >= 0.3 is 5.69 Å². The highest BCUT2D eigenvalue weighted by atomic mass is 16.5. The molecule has 158 valence electrons. The molecule has 1 fully saturated rings. The second kappa shape index (κ2) is 8.73. The summed E-state index contributed by atoms with van der Waals surface area (Å²) in [6.45, 7) is 1.90. The summed E-state index contributed by atoms with van der Waals surface area (Å²) in [6, 6.07) is 11.2. The van der Waals surface area contributed by atoms with E-state index in [0.717, 1.165) is 37.0 Å². The summed E-state index contributed by atoms with van der Waals surface area (Å²) in [6.07, 6.45) is 7.12. The Morgan fingerprint density at radius 2 is 1.93 bits per heavy atom. The number of ether oxygens (including phenoxy) is 1. The number of pyridine rings is 1. The second-order valence-electron chi connectivity index (χ2n) is 7.94. The Bertz CT molecular complexity index is 1080. The number of imidazole rings is 1. The van der Waals surface area contributed by atoms with E-state index >= 15 is 0 Å². The zero-order valence-corrected chi connectivity index (χ0v) is 17.5. The predicted octanol–water partition coefficient (Wildman–Crippen LogP) is 3.59. The van der Waals surface area contributed by atoms with Crippen molar-refractivity contribution in [2.45, 2.75) is 57.7 Å². The van der Waals surface area contributed by atoms with Gasteiger partial charge in [-0.1, -0.05) is 31.4 Å². The molecule has 0 unspecified atom stereocenters. The highest BCUT2D eigenvalue weighted by Gasteiger charge is 2.24. The Hall–Kier alpha value is -3.09. The molecule has 1 aromatic carbocycles. The van der Waals surface area contributed by atoms with Gasteiger partial charge in [0, 0.05) is 12.2 Å². The molecule has 0 bridgehead atoms. The molecular weight excluding hydrogens is 380 g/mol. The molecule has 1 atom stereocenters. The number of methoxy groups -OCH3 is 1. The third kappa shape index (κ3) is 3.97. The van der Waals surface area contributed by atoms with Gasteiger partial charge in [-0.2, -0.15) is 0 Å². The van der Waals surface area contributed by atoms with E-state index in [4.69, 9.17) is 4.74 Å². The monoisotopic (exact) mass is 408 g/mol. The van der Waals surface area contributed by atoms with Gasteiger partial charge in [0.25, 0.3) is 0 Å². The Balaban J connectivity index is 1.56. The quantitative estimate of drug-likeness (QED) is 0.676. The average Bonchev–Trinajstić information content (AvgIpc) is 3.05. The number of fused-ring (bicyclic) bond motifs is 1. The van der Waals surface area contributed by atoms with Crippen LogP contribution in [0.4, 0.5) is 0 Å². The van der Waals surface area contributed by atoms with Gasteiger partial charge in [0.2, 0.25) is 5.91 Å². The van der Waals surface area contributed by atoms with Gasteiger partial charge in [0.15, 0.2) is 5.65 Å². The van der Waals surface area contributed by atoms with E-state index in [1.807, 2.05) is 37.3 Å². The molecule has 0 radical (unpaired) electrons. The van der Waals surface area contributed by atoms with Crippen molar-refractivity contribution < 1.29 is 9.53 Å². The number of rotatable bonds is 6. The van der Waals surface area contributed by atoms with Crippen LogP contribution in [0.2, 0.25) is 0 Å². The molecule has 2 heterocycles. The van der Waals surface area contributed by atoms with E-state index in [2.05, 4.69) is 10.3 Å². The first-order valence-electron chi connectivity index (χ1n) is 10.6. The maximum atomic E-state index is 13.2. The minimum absolute atomic E-state index is 0.0265. The van der Waals surface area contributed by atoms with Gasteiger partial charge in [-0.25, -0.2) is 9.78 Å². The largest absolute Gasteiger partial charge is 0.497 e. The third-order valence-corrected chi connectivity index (χ3v) is 5.96. The number of carbonyl (C=O) groups excluding carboxylic acids is 1. The number of amides is 1. The third-order valence-electron chi connectivity index (χ3n) is 5.96. The van der Waals surface area contributed by atoms with E-state index in [-0.39, 0.29) is 30.2 Å². The predicted molar refractivity (Wildman–Crippen MR) is 116 cm³/mol. The highest BCUT2D eigenvalue weighted by Crippen LogP contribution is 2.29. The van der Waals surface area contributed by atoms with Gasteiger partial charge in [0.05, 0.1) is 18.7 Å². The van der Waals surface area contributed by atoms with Crippen LogP contribution in [-0.2, 0) is 11.3 Å². The van der Waals surface area contributed by atoms with Crippen molar-refractivity contribution in [2.75, 3.05) is 7.11 Å². The fourth-order valence-corrected chi connectivity index (χ4v) is 4.34. The second-order valence-corrected chi connectivity index (χ2v) is 7.94. The number of hydrogen-bond donors (Lipinski definition) is 1. The fraction of sp³-hybridized carbons (Fsp3) is 0.435. The number of benzene rings is 1. The van der Waals surface area contributed by atoms with E-state index in [1.165, 1.54) is 6.42 Å². The van der Waals surface area contributed by atoms with Crippen LogP contribution in [0.25, 0.3) is 11.2 Å². The SMILES string of the molecule is COc1ccc([C@@H](C)NC(=O)Cn2c(=O)n(C3CCCCC3)c3ncccc32)cc1. The van der Waals surface area contributed by atoms with Gasteiger partial charge in [-0.15, -0.1) is 0 Å². The maximum absolute atomic E-state index is 13.2. The van der Waals surface area contributed by atoms with E-state index in [1.54, 1.807) is 28.5 Å². The Kier molecular flexibility index (Phi) is 5.88. The molecule has 7 heteroatoms. The normalized spacial score (nSPS) is 15.8. The maximum Gasteiger partial charge on any atom is 0.331 e. The van der Waals surface area contributed by atoms with E-state index < -0.39 is 0 Å². The molecule has 2 aromatic heterocycles. The Morgan fingerprint density at radius 3 is 2.63 bits per heavy atom. The standard InChI is InChI=1S/C23H28N4O3/c1-16(17-10-12-19(30-2)13-11-17)25-21(28)15-26-20-9-6-14-24-22(20)27(23(26)29)18-7-4-3-5-8-18/h6,9-14,16,18H,3-5,7-8,15H2,1-2H3,(H,25,28)/t16-/m1/s1. The molecule has 1 aliphatic carbocycles. The Labute approximate surface area is 175 Å².